The van der Waals surface area contributed by atoms with E-state index in [0.29, 0.717) is 0 Å². The normalized spacial score (nSPS) is 10.2. The van der Waals surface area contributed by atoms with Crippen LogP contribution in [0.4, 0.5) is 0 Å². The molecule has 137 valence electrons. The molecule has 0 heterocycles. The van der Waals surface area contributed by atoms with Crippen molar-refractivity contribution in [1.29, 1.82) is 0 Å². The standard InChI is InChI=1S/2C8H13Si.C2H7Si.2ClH.Ti/c2*1-9(2,3)8-6-4-5-7-8;1-3-2;;;/h2*4-7H,1-3H3;3H,1-2H3;2*1H;/q2*-1;;;;+2/p-2. The topological polar surface area (TPSA) is 0 Å². The molecule has 0 N–H and O–H groups in total. The Labute approximate surface area is 171 Å². The summed E-state index contributed by atoms with van der Waals surface area (Å²) in [5, 5.41) is 3.12. The molecule has 2 rings (SSSR count). The second-order valence-corrected chi connectivity index (χ2v) is 21.4. The van der Waals surface area contributed by atoms with Gasteiger partial charge in [-0.05, 0) is 0 Å². The summed E-state index contributed by atoms with van der Waals surface area (Å²) in [5.74, 6) is 0. The average Bonchev–Trinajstić information content (AvgIpc) is 3.14. The van der Waals surface area contributed by atoms with Crippen LogP contribution < -0.4 is 10.4 Å². The van der Waals surface area contributed by atoms with Gasteiger partial charge in [0.15, 0.2) is 0 Å². The summed E-state index contributed by atoms with van der Waals surface area (Å²) in [4.78, 5) is 0. The van der Waals surface area contributed by atoms with Crippen molar-refractivity contribution in [3.05, 3.63) is 48.5 Å². The van der Waals surface area contributed by atoms with E-state index in [1.54, 1.807) is 10.4 Å². The minimum atomic E-state index is -0.981. The van der Waals surface area contributed by atoms with Gasteiger partial charge in [-0.25, -0.2) is 22.5 Å². The minimum absolute atomic E-state index is 0.556. The van der Waals surface area contributed by atoms with E-state index in [1.807, 2.05) is 0 Å². The predicted octanol–water partition coefficient (Wildman–Crippen LogP) is 5.80. The molecule has 0 fully saturated rings. The Morgan fingerprint density at radius 2 is 1.04 bits per heavy atom. The molecule has 24 heavy (non-hydrogen) atoms. The van der Waals surface area contributed by atoms with Crippen molar-refractivity contribution in [2.45, 2.75) is 52.4 Å². The summed E-state index contributed by atoms with van der Waals surface area (Å²) in [6.07, 6.45) is 0. The fraction of sp³-hybridized carbons (Fsp3) is 0.444. The molecule has 2 aromatic rings. The van der Waals surface area contributed by atoms with Crippen molar-refractivity contribution in [3.63, 3.8) is 0 Å². The van der Waals surface area contributed by atoms with Crippen molar-refractivity contribution < 1.29 is 17.0 Å². The monoisotopic (exact) mass is 451 g/mol. The number of halogens is 2. The summed E-state index contributed by atoms with van der Waals surface area (Å²) in [6, 6.07) is 17.4. The van der Waals surface area contributed by atoms with Crippen LogP contribution in [0.1, 0.15) is 0 Å². The molecule has 2 aromatic carbocycles. The first-order valence-corrected chi connectivity index (χ1v) is 21.8. The first-order valence-electron chi connectivity index (χ1n) is 8.19. The molecular weight excluding hydrogens is 419 g/mol. The van der Waals surface area contributed by atoms with E-state index in [1.165, 1.54) is 0 Å². The van der Waals surface area contributed by atoms with Gasteiger partial charge in [0.05, 0.1) is 0 Å². The fourth-order valence-corrected chi connectivity index (χ4v) is 4.13. The van der Waals surface area contributed by atoms with Gasteiger partial charge < -0.3 is 0 Å². The predicted molar refractivity (Wildman–Crippen MR) is 121 cm³/mol. The second-order valence-electron chi connectivity index (χ2n) is 7.50. The molecular formula is C18H33Cl2Si3Ti-2. The summed E-state index contributed by atoms with van der Waals surface area (Å²) < 4.78 is 0. The van der Waals surface area contributed by atoms with Crippen molar-refractivity contribution in [2.24, 2.45) is 0 Å². The molecule has 0 saturated heterocycles. The molecule has 0 aliphatic carbocycles. The summed E-state index contributed by atoms with van der Waals surface area (Å²) in [5.41, 5.74) is 0. The molecule has 0 spiro atoms. The zero-order valence-corrected chi connectivity index (χ0v) is 22.7. The van der Waals surface area contributed by atoms with Crippen molar-refractivity contribution in [2.75, 3.05) is 0 Å². The number of hydrogen-bond donors (Lipinski definition) is 0. The van der Waals surface area contributed by atoms with E-state index >= 15 is 0 Å². The summed E-state index contributed by atoms with van der Waals surface area (Å²) in [7, 11) is 8.57. The zero-order valence-electron chi connectivity index (χ0n) is 16.5. The van der Waals surface area contributed by atoms with Crippen LogP contribution in [0, 0.1) is 0 Å². The van der Waals surface area contributed by atoms with Crippen LogP contribution >= 0.6 is 18.6 Å². The van der Waals surface area contributed by atoms with E-state index in [2.05, 4.69) is 101 Å². The van der Waals surface area contributed by atoms with Gasteiger partial charge in [-0.2, -0.15) is 36.4 Å². The van der Waals surface area contributed by atoms with Crippen LogP contribution in [0.2, 0.25) is 52.4 Å². The molecule has 0 aromatic heterocycles. The van der Waals surface area contributed by atoms with E-state index in [-0.39, 0.29) is 0 Å². The van der Waals surface area contributed by atoms with E-state index < -0.39 is 33.2 Å². The van der Waals surface area contributed by atoms with E-state index in [4.69, 9.17) is 18.6 Å². The summed E-state index contributed by atoms with van der Waals surface area (Å²) >= 11 is -0.556. The van der Waals surface area contributed by atoms with Crippen LogP contribution in [-0.4, -0.2) is 25.7 Å². The Kier molecular flexibility index (Phi) is 16.5. The third kappa shape index (κ3) is 14.9. The van der Waals surface area contributed by atoms with Crippen LogP contribution in [0.25, 0.3) is 0 Å². The molecule has 0 bridgehead atoms. The Morgan fingerprint density at radius 1 is 0.792 bits per heavy atom. The maximum atomic E-state index is 4.89. The van der Waals surface area contributed by atoms with Gasteiger partial charge in [0.25, 0.3) is 0 Å². The zero-order chi connectivity index (χ0) is 19.2. The Bertz CT molecular complexity index is 423. The molecule has 0 aliphatic rings. The average molecular weight is 452 g/mol. The van der Waals surface area contributed by atoms with Crippen LogP contribution in [0.5, 0.6) is 0 Å². The Hall–Kier alpha value is 0.645. The second kappa shape index (κ2) is 14.8. The van der Waals surface area contributed by atoms with E-state index in [0.717, 1.165) is 9.52 Å². The summed E-state index contributed by atoms with van der Waals surface area (Å²) in [6.45, 7) is 18.6. The molecule has 0 amide bonds. The quantitative estimate of drug-likeness (QED) is 0.399. The third-order valence-corrected chi connectivity index (χ3v) is 7.19. The Morgan fingerprint density at radius 3 is 1.12 bits per heavy atom. The van der Waals surface area contributed by atoms with Gasteiger partial charge in [0, 0.05) is 25.7 Å². The number of hydrogen-bond acceptors (Lipinski definition) is 0. The van der Waals surface area contributed by atoms with E-state index in [9.17, 15) is 0 Å². The van der Waals surface area contributed by atoms with Crippen LogP contribution in [0.3, 0.4) is 0 Å². The van der Waals surface area contributed by atoms with Gasteiger partial charge in [0.2, 0.25) is 0 Å². The van der Waals surface area contributed by atoms with Gasteiger partial charge in [-0.3, -0.25) is 0 Å². The first-order chi connectivity index (χ1) is 11.0. The molecule has 0 unspecified atom stereocenters. The molecule has 0 nitrogen and oxygen atoms in total. The van der Waals surface area contributed by atoms with Crippen molar-refractivity contribution >= 4 is 54.7 Å². The van der Waals surface area contributed by atoms with Gasteiger partial charge in [-0.15, -0.1) is 0 Å². The van der Waals surface area contributed by atoms with Gasteiger partial charge in [-0.1, -0.05) is 52.4 Å². The third-order valence-electron chi connectivity index (χ3n) is 3.06. The van der Waals surface area contributed by atoms with Crippen LogP contribution in [0.15, 0.2) is 48.5 Å². The fourth-order valence-electron chi connectivity index (χ4n) is 1.75. The first kappa shape index (κ1) is 26.9. The van der Waals surface area contributed by atoms with Crippen molar-refractivity contribution in [3.8, 4) is 0 Å². The van der Waals surface area contributed by atoms with Gasteiger partial charge in [0.1, 0.15) is 0 Å². The molecule has 1 radical (unpaired) electrons. The van der Waals surface area contributed by atoms with Crippen LogP contribution in [-0.2, 0) is 17.0 Å². The molecule has 6 heteroatoms. The maximum absolute atomic E-state index is 4.89. The molecule has 0 saturated carbocycles. The Balaban J connectivity index is 0. The molecule has 0 atom stereocenters. The molecule has 0 aliphatic heterocycles. The SMILES string of the molecule is C[SiH]C.C[Si](C)(C)c1cc[cH-]c1.C[Si](C)(C)c1cc[cH-]c1.[Cl][Ti][Cl]. The van der Waals surface area contributed by atoms with Gasteiger partial charge >= 0.3 is 35.6 Å². The number of rotatable bonds is 2. The van der Waals surface area contributed by atoms with Crippen molar-refractivity contribution in [1.82, 2.24) is 0 Å².